The lowest BCUT2D eigenvalue weighted by molar-refractivity contribution is 0.178. The van der Waals surface area contributed by atoms with Crippen molar-refractivity contribution in [2.24, 2.45) is 11.8 Å². The zero-order valence-electron chi connectivity index (χ0n) is 23.2. The molecule has 2 aliphatic rings. The van der Waals surface area contributed by atoms with Crippen LogP contribution in [0.4, 0.5) is 15.8 Å². The van der Waals surface area contributed by atoms with E-state index in [1.807, 2.05) is 53.2 Å². The highest BCUT2D eigenvalue weighted by atomic mass is 19.1. The Kier molecular flexibility index (Phi) is 8.87. The Morgan fingerprint density at radius 1 is 1.08 bits per heavy atom. The van der Waals surface area contributed by atoms with E-state index in [-0.39, 0.29) is 7.24 Å². The Hall–Kier alpha value is -2.90. The predicted octanol–water partition coefficient (Wildman–Crippen LogP) is 5.37. The molecule has 2 atom stereocenters. The van der Waals surface area contributed by atoms with Crippen LogP contribution in [0.15, 0.2) is 42.5 Å². The van der Waals surface area contributed by atoms with Crippen molar-refractivity contribution in [2.45, 2.75) is 20.3 Å². The maximum absolute atomic E-state index is 15.1. The van der Waals surface area contributed by atoms with E-state index in [1.54, 1.807) is 11.0 Å². The molecular weight excluding hydrogens is 465 g/mol. The molecule has 5 rings (SSSR count). The summed E-state index contributed by atoms with van der Waals surface area (Å²) < 4.78 is 20.9. The van der Waals surface area contributed by atoms with Crippen LogP contribution in [-0.2, 0) is 0 Å². The first-order valence-corrected chi connectivity index (χ1v) is 13.6. The quantitative estimate of drug-likeness (QED) is 0.432. The molecule has 2 aromatic carbocycles. The fraction of sp³-hybridized carbons (Fsp3) is 0.500. The van der Waals surface area contributed by atoms with Gasteiger partial charge in [-0.1, -0.05) is 13.8 Å². The molecule has 0 aliphatic carbocycles. The summed E-state index contributed by atoms with van der Waals surface area (Å²) in [5.41, 5.74) is 4.39. The number of halogens is 1. The normalized spacial score (nSPS) is 19.4. The van der Waals surface area contributed by atoms with Gasteiger partial charge in [0.2, 0.25) is 0 Å². The van der Waals surface area contributed by atoms with Crippen LogP contribution in [-0.4, -0.2) is 77.4 Å². The third-order valence-corrected chi connectivity index (χ3v) is 7.45. The monoisotopic (exact) mass is 509 g/mol. The molecule has 0 amide bonds. The molecule has 2 saturated heterocycles. The second kappa shape index (κ2) is 12.1. The second-order valence-electron chi connectivity index (χ2n) is 10.2. The maximum Gasteiger partial charge on any atom is 0.147 e. The van der Waals surface area contributed by atoms with Crippen molar-refractivity contribution in [3.63, 3.8) is 0 Å². The third-order valence-electron chi connectivity index (χ3n) is 7.45. The molecule has 0 saturated carbocycles. The lowest BCUT2D eigenvalue weighted by Crippen LogP contribution is -2.37. The highest BCUT2D eigenvalue weighted by molar-refractivity contribution is 5.96. The van der Waals surface area contributed by atoms with Crippen molar-refractivity contribution < 1.29 is 10.6 Å². The van der Waals surface area contributed by atoms with E-state index in [0.717, 1.165) is 66.3 Å². The predicted molar refractivity (Wildman–Crippen MR) is 156 cm³/mol. The first-order valence-electron chi connectivity index (χ1n) is 13.6. The number of benzene rings is 2. The molecular formula is C30H44FN5O. The number of pyridine rings is 1. The molecule has 0 radical (unpaired) electrons. The topological polar surface area (TPSA) is 43.9 Å². The minimum absolute atomic E-state index is 0. The molecule has 0 bridgehead atoms. The number of hydrogen-bond acceptors (Lipinski definition) is 6. The summed E-state index contributed by atoms with van der Waals surface area (Å²) in [6.45, 7) is 9.73. The number of aromatic nitrogens is 1. The Balaban J connectivity index is 0.00000130. The smallest absolute Gasteiger partial charge is 0.147 e. The molecule has 2 fully saturated rings. The summed E-state index contributed by atoms with van der Waals surface area (Å²) in [6.07, 6.45) is 1.22. The summed E-state index contributed by atoms with van der Waals surface area (Å²) in [5.74, 6) is 1.98. The van der Waals surface area contributed by atoms with Gasteiger partial charge in [0.1, 0.15) is 18.2 Å². The van der Waals surface area contributed by atoms with Gasteiger partial charge in [-0.25, -0.2) is 9.37 Å². The van der Waals surface area contributed by atoms with Gasteiger partial charge < -0.3 is 24.8 Å². The highest BCUT2D eigenvalue weighted by Gasteiger charge is 2.37. The number of likely N-dealkylation sites (tertiary alicyclic amines) is 1. The number of hydrogen-bond donors (Lipinski definition) is 1. The van der Waals surface area contributed by atoms with E-state index in [2.05, 4.69) is 40.4 Å². The largest absolute Gasteiger partial charge is 0.492 e. The molecule has 0 spiro atoms. The molecule has 202 valence electrons. The molecule has 1 aromatic heterocycles. The van der Waals surface area contributed by atoms with Crippen molar-refractivity contribution in [3.05, 3.63) is 48.3 Å². The van der Waals surface area contributed by atoms with Gasteiger partial charge in [-0.05, 0) is 81.4 Å². The van der Waals surface area contributed by atoms with Crippen LogP contribution in [0, 0.1) is 17.7 Å². The van der Waals surface area contributed by atoms with Gasteiger partial charge in [0.25, 0.3) is 0 Å². The fourth-order valence-corrected chi connectivity index (χ4v) is 5.51. The van der Waals surface area contributed by atoms with Gasteiger partial charge >= 0.3 is 0 Å². The SMILES string of the molecule is CC.CNCCOc1ccc(-c2cc(N3CC4CCN(C)CC4C3)c3cc(F)c(N(C)C)cc3n2)cc1.[HH]. The van der Waals surface area contributed by atoms with E-state index >= 15 is 4.39 Å². The van der Waals surface area contributed by atoms with Crippen molar-refractivity contribution in [3.8, 4) is 17.0 Å². The van der Waals surface area contributed by atoms with Crippen molar-refractivity contribution in [1.29, 1.82) is 0 Å². The van der Waals surface area contributed by atoms with E-state index < -0.39 is 0 Å². The summed E-state index contributed by atoms with van der Waals surface area (Å²) in [4.78, 5) is 11.7. The Bertz CT molecular complexity index is 1190. The Morgan fingerprint density at radius 2 is 1.81 bits per heavy atom. The molecule has 7 heteroatoms. The number of ether oxygens (including phenoxy) is 1. The summed E-state index contributed by atoms with van der Waals surface area (Å²) in [6, 6.07) is 13.8. The molecule has 3 aromatic rings. The van der Waals surface area contributed by atoms with Crippen molar-refractivity contribution in [1.82, 2.24) is 15.2 Å². The van der Waals surface area contributed by atoms with Crippen molar-refractivity contribution >= 4 is 22.3 Å². The van der Waals surface area contributed by atoms with Crippen LogP contribution in [0.3, 0.4) is 0 Å². The number of nitrogens with zero attached hydrogens (tertiary/aromatic N) is 4. The fourth-order valence-electron chi connectivity index (χ4n) is 5.51. The summed E-state index contributed by atoms with van der Waals surface area (Å²) >= 11 is 0. The Labute approximate surface area is 222 Å². The van der Waals surface area contributed by atoms with Gasteiger partial charge in [-0.2, -0.15) is 0 Å². The van der Waals surface area contributed by atoms with Gasteiger partial charge in [0, 0.05) is 58.3 Å². The van der Waals surface area contributed by atoms with E-state index in [1.165, 1.54) is 6.42 Å². The maximum atomic E-state index is 15.1. The average Bonchev–Trinajstić information content (AvgIpc) is 3.32. The van der Waals surface area contributed by atoms with Crippen LogP contribution >= 0.6 is 0 Å². The van der Waals surface area contributed by atoms with Gasteiger partial charge in [-0.3, -0.25) is 0 Å². The molecule has 2 unspecified atom stereocenters. The zero-order valence-corrected chi connectivity index (χ0v) is 23.2. The molecule has 37 heavy (non-hydrogen) atoms. The van der Waals surface area contributed by atoms with Crippen LogP contribution < -0.4 is 19.9 Å². The zero-order chi connectivity index (χ0) is 26.5. The standard InChI is InChI=1S/C28H36FN5O.C2H6.H2/c1-30-10-12-35-22-7-5-19(6-8-22)25-14-27(34-17-20-9-11-33(4)16-21(20)18-34)23-13-24(29)28(32(2)3)15-26(23)31-25;1-2;/h5-8,13-15,20-21,30H,9-12,16-18H2,1-4H3;1-2H3;1H. The number of piperidine rings is 1. The minimum Gasteiger partial charge on any atom is -0.492 e. The Morgan fingerprint density at radius 3 is 2.51 bits per heavy atom. The lowest BCUT2D eigenvalue weighted by Gasteiger charge is -2.31. The van der Waals surface area contributed by atoms with Crippen LogP contribution in [0.25, 0.3) is 22.2 Å². The first-order chi connectivity index (χ1) is 17.9. The average molecular weight is 510 g/mol. The second-order valence-corrected chi connectivity index (χ2v) is 10.2. The molecule has 6 nitrogen and oxygen atoms in total. The number of rotatable bonds is 7. The van der Waals surface area contributed by atoms with E-state index in [0.29, 0.717) is 24.1 Å². The number of anilines is 2. The van der Waals surface area contributed by atoms with Crippen LogP contribution in [0.2, 0.25) is 0 Å². The van der Waals surface area contributed by atoms with Gasteiger partial charge in [-0.15, -0.1) is 0 Å². The molecule has 2 aliphatic heterocycles. The molecule has 3 heterocycles. The van der Waals surface area contributed by atoms with E-state index in [4.69, 9.17) is 9.72 Å². The van der Waals surface area contributed by atoms with Crippen LogP contribution in [0.5, 0.6) is 5.75 Å². The van der Waals surface area contributed by atoms with Gasteiger partial charge in [0.05, 0.1) is 16.9 Å². The number of likely N-dealkylation sites (N-methyl/N-ethyl adjacent to an activating group) is 1. The van der Waals surface area contributed by atoms with E-state index in [9.17, 15) is 0 Å². The number of nitrogens with one attached hydrogen (secondary N) is 1. The lowest BCUT2D eigenvalue weighted by atomic mass is 9.89. The summed E-state index contributed by atoms with van der Waals surface area (Å²) in [5, 5.41) is 3.97. The minimum atomic E-state index is -0.210. The van der Waals surface area contributed by atoms with Crippen molar-refractivity contribution in [2.75, 3.05) is 77.3 Å². The summed E-state index contributed by atoms with van der Waals surface area (Å²) in [7, 11) is 7.85. The highest BCUT2D eigenvalue weighted by Crippen LogP contribution is 2.39. The first kappa shape index (κ1) is 27.1. The third kappa shape index (κ3) is 5.99. The van der Waals surface area contributed by atoms with Gasteiger partial charge in [0.15, 0.2) is 0 Å². The van der Waals surface area contributed by atoms with Crippen LogP contribution in [0.1, 0.15) is 21.7 Å². The molecule has 1 N–H and O–H groups in total. The number of fused-ring (bicyclic) bond motifs is 2.